The molecule has 1 saturated heterocycles. The lowest BCUT2D eigenvalue weighted by Gasteiger charge is -2.20. The highest BCUT2D eigenvalue weighted by Crippen LogP contribution is 2.37. The van der Waals surface area contributed by atoms with Crippen LogP contribution in [0.15, 0.2) is 48.7 Å². The molecule has 1 amide bonds. The maximum Gasteiger partial charge on any atom is 0.267 e. The first-order valence-electron chi connectivity index (χ1n) is 9.31. The molecule has 1 aliphatic heterocycles. The normalized spacial score (nSPS) is 18.5. The Hall–Kier alpha value is -3.26. The topological polar surface area (TPSA) is 68.5 Å². The van der Waals surface area contributed by atoms with E-state index in [2.05, 4.69) is 35.2 Å². The van der Waals surface area contributed by atoms with Gasteiger partial charge in [-0.1, -0.05) is 30.6 Å². The molecule has 1 aliphatic rings. The van der Waals surface area contributed by atoms with Crippen molar-refractivity contribution in [1.82, 2.24) is 9.88 Å². The number of ether oxygens (including phenoxy) is 1. The number of carbonyl (C=O) groups excluding carboxylic acids is 1. The molecule has 1 aromatic carbocycles. The molecule has 5 nitrogen and oxygen atoms in total. The highest BCUT2D eigenvalue weighted by molar-refractivity contribution is 5.92. The number of hydrogen-bond acceptors (Lipinski definition) is 4. The molecule has 2 heterocycles. The monoisotopic (exact) mass is 375 g/mol. The average molecular weight is 375 g/mol. The van der Waals surface area contributed by atoms with E-state index < -0.39 is 5.91 Å². The fourth-order valence-corrected chi connectivity index (χ4v) is 3.22. The Morgan fingerprint density at radius 1 is 1.39 bits per heavy atom. The van der Waals surface area contributed by atoms with E-state index in [1.54, 1.807) is 12.1 Å². The van der Waals surface area contributed by atoms with Crippen molar-refractivity contribution in [3.8, 4) is 28.8 Å². The van der Waals surface area contributed by atoms with Crippen LogP contribution in [-0.4, -0.2) is 36.0 Å². The fourth-order valence-electron chi connectivity index (χ4n) is 3.22. The van der Waals surface area contributed by atoms with Crippen LogP contribution in [0.5, 0.6) is 5.75 Å². The van der Waals surface area contributed by atoms with E-state index in [-0.39, 0.29) is 11.1 Å². The Labute approximate surface area is 166 Å². The second-order valence-corrected chi connectivity index (χ2v) is 7.15. The highest BCUT2D eigenvalue weighted by atomic mass is 16.5. The molecule has 1 aromatic heterocycles. The molecule has 28 heavy (non-hydrogen) atoms. The summed E-state index contributed by atoms with van der Waals surface area (Å²) in [5.74, 6) is 6.64. The Bertz CT molecular complexity index is 987. The summed E-state index contributed by atoms with van der Waals surface area (Å²) in [6.07, 6.45) is 0.967. The van der Waals surface area contributed by atoms with Crippen LogP contribution < -0.4 is 10.5 Å². The summed E-state index contributed by atoms with van der Waals surface area (Å²) in [5.41, 5.74) is 8.79. The van der Waals surface area contributed by atoms with Crippen molar-refractivity contribution in [2.45, 2.75) is 20.3 Å². The molecule has 0 aliphatic carbocycles. The Kier molecular flexibility index (Phi) is 5.41. The van der Waals surface area contributed by atoms with E-state index in [1.807, 2.05) is 38.2 Å². The second kappa shape index (κ2) is 7.77. The summed E-state index contributed by atoms with van der Waals surface area (Å²) in [4.78, 5) is 18.1. The van der Waals surface area contributed by atoms with Crippen LogP contribution in [-0.2, 0) is 0 Å². The van der Waals surface area contributed by atoms with Crippen molar-refractivity contribution < 1.29 is 9.53 Å². The zero-order valence-electron chi connectivity index (χ0n) is 16.6. The number of hydrogen-bond donors (Lipinski definition) is 1. The standard InChI is InChI=1S/C23H25N3O2/c1-5-28-19-14-20(25-21(15-19)22(24)27)18-8-6-7-17(13-18)9-10-23(3)11-12-26(4)16(23)2/h6-8,13-15H,2,5,11-12H2,1,3-4H3,(H2,24,27)/t23-/m1/s1. The molecule has 2 N–H and O–H groups in total. The smallest absolute Gasteiger partial charge is 0.267 e. The van der Waals surface area contributed by atoms with Crippen LogP contribution in [0.2, 0.25) is 0 Å². The van der Waals surface area contributed by atoms with E-state index in [9.17, 15) is 4.79 Å². The number of amides is 1. The van der Waals surface area contributed by atoms with Crippen LogP contribution in [0.1, 0.15) is 36.3 Å². The second-order valence-electron chi connectivity index (χ2n) is 7.15. The average Bonchev–Trinajstić information content (AvgIpc) is 2.95. The van der Waals surface area contributed by atoms with E-state index >= 15 is 0 Å². The Morgan fingerprint density at radius 2 is 2.18 bits per heavy atom. The van der Waals surface area contributed by atoms with Gasteiger partial charge in [-0.25, -0.2) is 4.98 Å². The minimum Gasteiger partial charge on any atom is -0.494 e. The predicted octanol–water partition coefficient (Wildman–Crippen LogP) is 3.45. The number of carbonyl (C=O) groups is 1. The van der Waals surface area contributed by atoms with E-state index in [1.165, 1.54) is 0 Å². The summed E-state index contributed by atoms with van der Waals surface area (Å²) in [6.45, 7) is 9.64. The van der Waals surface area contributed by atoms with Gasteiger partial charge in [-0.05, 0) is 32.4 Å². The van der Waals surface area contributed by atoms with Crippen LogP contribution in [0.25, 0.3) is 11.3 Å². The van der Waals surface area contributed by atoms with Gasteiger partial charge in [-0.2, -0.15) is 0 Å². The third-order valence-electron chi connectivity index (χ3n) is 5.05. The zero-order valence-corrected chi connectivity index (χ0v) is 16.6. The van der Waals surface area contributed by atoms with Crippen molar-refractivity contribution in [2.24, 2.45) is 11.1 Å². The minimum absolute atomic E-state index is 0.176. The van der Waals surface area contributed by atoms with Gasteiger partial charge >= 0.3 is 0 Å². The molecule has 5 heteroatoms. The van der Waals surface area contributed by atoms with Crippen LogP contribution >= 0.6 is 0 Å². The maximum atomic E-state index is 11.6. The number of pyridine rings is 1. The van der Waals surface area contributed by atoms with Gasteiger partial charge in [0.15, 0.2) is 0 Å². The number of primary amides is 1. The van der Waals surface area contributed by atoms with Gasteiger partial charge in [0.05, 0.1) is 17.7 Å². The summed E-state index contributed by atoms with van der Waals surface area (Å²) < 4.78 is 5.55. The summed E-state index contributed by atoms with van der Waals surface area (Å²) in [6, 6.07) is 11.1. The van der Waals surface area contributed by atoms with E-state index in [0.717, 1.165) is 29.8 Å². The summed E-state index contributed by atoms with van der Waals surface area (Å²) in [5, 5.41) is 0. The molecule has 1 fully saturated rings. The lowest BCUT2D eigenvalue weighted by molar-refractivity contribution is 0.0995. The van der Waals surface area contributed by atoms with Gasteiger partial charge in [-0.15, -0.1) is 0 Å². The van der Waals surface area contributed by atoms with Crippen molar-refractivity contribution in [1.29, 1.82) is 0 Å². The first-order chi connectivity index (χ1) is 13.3. The van der Waals surface area contributed by atoms with Crippen molar-refractivity contribution >= 4 is 5.91 Å². The number of likely N-dealkylation sites (tertiary alicyclic amines) is 1. The van der Waals surface area contributed by atoms with Gasteiger partial charge in [0, 0.05) is 42.5 Å². The van der Waals surface area contributed by atoms with Gasteiger partial charge in [0.25, 0.3) is 5.91 Å². The number of nitrogens with zero attached hydrogens (tertiary/aromatic N) is 2. The minimum atomic E-state index is -0.587. The molecular formula is C23H25N3O2. The first kappa shape index (κ1) is 19.5. The van der Waals surface area contributed by atoms with Gasteiger partial charge in [-0.3, -0.25) is 4.79 Å². The molecule has 2 aromatic rings. The number of nitrogens with two attached hydrogens (primary N) is 1. The predicted molar refractivity (Wildman–Crippen MR) is 111 cm³/mol. The number of benzene rings is 1. The lowest BCUT2D eigenvalue weighted by atomic mass is 9.87. The first-order valence-corrected chi connectivity index (χ1v) is 9.31. The Morgan fingerprint density at radius 3 is 2.82 bits per heavy atom. The molecule has 0 spiro atoms. The number of allylic oxidation sites excluding steroid dienone is 1. The van der Waals surface area contributed by atoms with Gasteiger partial charge < -0.3 is 15.4 Å². The quantitative estimate of drug-likeness (QED) is 0.831. The van der Waals surface area contributed by atoms with Crippen LogP contribution in [0.4, 0.5) is 0 Å². The Balaban J connectivity index is 1.96. The molecule has 3 rings (SSSR count). The molecule has 144 valence electrons. The van der Waals surface area contributed by atoms with Crippen molar-refractivity contribution in [3.05, 3.63) is 59.9 Å². The molecule has 1 atom stereocenters. The fraction of sp³-hybridized carbons (Fsp3) is 0.304. The van der Waals surface area contributed by atoms with Gasteiger partial charge in [0.1, 0.15) is 11.4 Å². The maximum absolute atomic E-state index is 11.6. The van der Waals surface area contributed by atoms with Crippen molar-refractivity contribution in [3.63, 3.8) is 0 Å². The molecule has 0 unspecified atom stereocenters. The number of rotatable bonds is 4. The van der Waals surface area contributed by atoms with Crippen LogP contribution in [0, 0.1) is 17.3 Å². The van der Waals surface area contributed by atoms with E-state index in [4.69, 9.17) is 10.5 Å². The third kappa shape index (κ3) is 4.01. The summed E-state index contributed by atoms with van der Waals surface area (Å²) >= 11 is 0. The van der Waals surface area contributed by atoms with Crippen molar-refractivity contribution in [2.75, 3.05) is 20.2 Å². The highest BCUT2D eigenvalue weighted by Gasteiger charge is 2.34. The third-order valence-corrected chi connectivity index (χ3v) is 5.05. The molecule has 0 bridgehead atoms. The van der Waals surface area contributed by atoms with Crippen LogP contribution in [0.3, 0.4) is 0 Å². The number of aromatic nitrogens is 1. The SMILES string of the molecule is C=C1N(C)CC[C@@]1(C)C#Cc1cccc(-c2cc(OCC)cc(C(N)=O)n2)c1. The molecular weight excluding hydrogens is 350 g/mol. The summed E-state index contributed by atoms with van der Waals surface area (Å²) in [7, 11) is 2.04. The molecule has 0 saturated carbocycles. The largest absolute Gasteiger partial charge is 0.494 e. The zero-order chi connectivity index (χ0) is 20.3. The van der Waals surface area contributed by atoms with Gasteiger partial charge in [0.2, 0.25) is 0 Å². The molecule has 0 radical (unpaired) electrons. The van der Waals surface area contributed by atoms with E-state index in [0.29, 0.717) is 18.1 Å². The lowest BCUT2D eigenvalue weighted by Crippen LogP contribution is -2.16.